The van der Waals surface area contributed by atoms with Gasteiger partial charge in [-0.25, -0.2) is 4.98 Å². The number of nitrogens with zero attached hydrogens (tertiary/aromatic N) is 3. The van der Waals surface area contributed by atoms with Crippen LogP contribution in [0.5, 0.6) is 0 Å². The van der Waals surface area contributed by atoms with Crippen molar-refractivity contribution in [3.63, 3.8) is 0 Å². The lowest BCUT2D eigenvalue weighted by atomic mass is 10.2. The monoisotopic (exact) mass is 249 g/mol. The minimum atomic E-state index is 0.0627. The molecule has 4 nitrogen and oxygen atoms in total. The van der Waals surface area contributed by atoms with Crippen LogP contribution in [0.3, 0.4) is 0 Å². The zero-order chi connectivity index (χ0) is 13.0. The second-order valence-corrected chi connectivity index (χ2v) is 5.05. The lowest BCUT2D eigenvalue weighted by Gasteiger charge is -2.31. The van der Waals surface area contributed by atoms with Crippen LogP contribution in [0.1, 0.15) is 25.3 Å². The summed E-state index contributed by atoms with van der Waals surface area (Å²) in [5.74, 6) is 1.04. The molecule has 1 aliphatic rings. The molecule has 4 heteroatoms. The summed E-state index contributed by atoms with van der Waals surface area (Å²) < 4.78 is 0. The summed E-state index contributed by atoms with van der Waals surface area (Å²) in [6, 6.07) is 4.52. The second-order valence-electron chi connectivity index (χ2n) is 5.05. The highest BCUT2D eigenvalue weighted by molar-refractivity contribution is 5.41. The third kappa shape index (κ3) is 3.00. The highest BCUT2D eigenvalue weighted by Crippen LogP contribution is 2.20. The Balaban J connectivity index is 2.17. The molecule has 0 saturated carbocycles. The van der Waals surface area contributed by atoms with Crippen LogP contribution >= 0.6 is 0 Å². The fraction of sp³-hybridized carbons (Fsp3) is 0.643. The van der Waals surface area contributed by atoms with Gasteiger partial charge in [0, 0.05) is 25.3 Å². The third-order valence-corrected chi connectivity index (χ3v) is 3.66. The molecule has 0 amide bonds. The van der Waals surface area contributed by atoms with Gasteiger partial charge < -0.3 is 14.9 Å². The Bertz CT molecular complexity index is 366. The molecule has 1 aromatic heterocycles. The predicted molar refractivity (Wildman–Crippen MR) is 73.7 cm³/mol. The molecular formula is C14H23N3O. The van der Waals surface area contributed by atoms with Gasteiger partial charge >= 0.3 is 0 Å². The maximum absolute atomic E-state index is 9.06. The van der Waals surface area contributed by atoms with E-state index in [2.05, 4.69) is 28.8 Å². The Morgan fingerprint density at radius 1 is 1.39 bits per heavy atom. The maximum atomic E-state index is 9.06. The van der Waals surface area contributed by atoms with Crippen LogP contribution in [0.25, 0.3) is 0 Å². The molecule has 1 N–H and O–H groups in total. The van der Waals surface area contributed by atoms with Crippen LogP contribution in [-0.2, 0) is 6.61 Å². The number of aliphatic hydroxyl groups excluding tert-OH is 1. The molecule has 1 fully saturated rings. The quantitative estimate of drug-likeness (QED) is 0.881. The first-order valence-electron chi connectivity index (χ1n) is 6.75. The zero-order valence-electron chi connectivity index (χ0n) is 11.3. The minimum absolute atomic E-state index is 0.0627. The lowest BCUT2D eigenvalue weighted by Crippen LogP contribution is -2.40. The highest BCUT2D eigenvalue weighted by Gasteiger charge is 2.22. The van der Waals surface area contributed by atoms with E-state index in [9.17, 15) is 0 Å². The number of aromatic nitrogens is 1. The van der Waals surface area contributed by atoms with Crippen molar-refractivity contribution < 1.29 is 5.11 Å². The fourth-order valence-electron chi connectivity index (χ4n) is 2.57. The number of hydrogen-bond acceptors (Lipinski definition) is 4. The van der Waals surface area contributed by atoms with Gasteiger partial charge in [-0.15, -0.1) is 0 Å². The molecule has 0 aliphatic carbocycles. The molecule has 2 heterocycles. The molecule has 100 valence electrons. The van der Waals surface area contributed by atoms with E-state index in [1.54, 1.807) is 6.20 Å². The maximum Gasteiger partial charge on any atom is 0.128 e. The Kier molecular flexibility index (Phi) is 4.55. The van der Waals surface area contributed by atoms with Crippen molar-refractivity contribution in [3.8, 4) is 0 Å². The number of likely N-dealkylation sites (N-methyl/N-ethyl adjacent to an activating group) is 1. The molecule has 1 saturated heterocycles. The smallest absolute Gasteiger partial charge is 0.128 e. The van der Waals surface area contributed by atoms with Gasteiger partial charge in [-0.1, -0.05) is 13.0 Å². The zero-order valence-corrected chi connectivity index (χ0v) is 11.3. The molecule has 1 unspecified atom stereocenters. The summed E-state index contributed by atoms with van der Waals surface area (Å²) in [5.41, 5.74) is 0.874. The first-order valence-corrected chi connectivity index (χ1v) is 6.75. The van der Waals surface area contributed by atoms with E-state index < -0.39 is 0 Å². The number of hydrogen-bond donors (Lipinski definition) is 1. The molecule has 1 atom stereocenters. The van der Waals surface area contributed by atoms with Gasteiger partial charge in [0.15, 0.2) is 0 Å². The van der Waals surface area contributed by atoms with E-state index in [1.807, 2.05) is 12.1 Å². The van der Waals surface area contributed by atoms with Gasteiger partial charge in [0.05, 0.1) is 6.61 Å². The fourth-order valence-corrected chi connectivity index (χ4v) is 2.57. The minimum Gasteiger partial charge on any atom is -0.392 e. The summed E-state index contributed by atoms with van der Waals surface area (Å²) in [6.07, 6.45) is 4.08. The highest BCUT2D eigenvalue weighted by atomic mass is 16.3. The molecule has 0 radical (unpaired) electrons. The SMILES string of the molecule is CCC1CN(C)CCCN1c1ccc(CO)cn1. The van der Waals surface area contributed by atoms with Crippen LogP contribution in [0.15, 0.2) is 18.3 Å². The van der Waals surface area contributed by atoms with Gasteiger partial charge in [-0.05, 0) is 38.1 Å². The predicted octanol–water partition coefficient (Wildman–Crippen LogP) is 1.49. The molecular weight excluding hydrogens is 226 g/mol. The van der Waals surface area contributed by atoms with Gasteiger partial charge in [-0.2, -0.15) is 0 Å². The van der Waals surface area contributed by atoms with Gasteiger partial charge in [-0.3, -0.25) is 0 Å². The Morgan fingerprint density at radius 2 is 2.22 bits per heavy atom. The normalized spacial score (nSPS) is 21.9. The molecule has 0 bridgehead atoms. The van der Waals surface area contributed by atoms with E-state index in [1.165, 1.54) is 6.42 Å². The average molecular weight is 249 g/mol. The lowest BCUT2D eigenvalue weighted by molar-refractivity contribution is 0.281. The van der Waals surface area contributed by atoms with Crippen molar-refractivity contribution in [3.05, 3.63) is 23.9 Å². The van der Waals surface area contributed by atoms with Gasteiger partial charge in [0.25, 0.3) is 0 Å². The second kappa shape index (κ2) is 6.16. The standard InChI is InChI=1S/C14H23N3O/c1-3-13-10-16(2)7-4-8-17(13)14-6-5-12(11-18)9-15-14/h5-6,9,13,18H,3-4,7-8,10-11H2,1-2H3. The molecule has 1 aromatic rings. The van der Waals surface area contributed by atoms with Crippen LogP contribution < -0.4 is 4.90 Å². The van der Waals surface area contributed by atoms with E-state index in [4.69, 9.17) is 5.11 Å². The van der Waals surface area contributed by atoms with Gasteiger partial charge in [0.1, 0.15) is 5.82 Å². The summed E-state index contributed by atoms with van der Waals surface area (Å²) >= 11 is 0. The molecule has 2 rings (SSSR count). The number of pyridine rings is 1. The summed E-state index contributed by atoms with van der Waals surface area (Å²) in [4.78, 5) is 9.29. The summed E-state index contributed by atoms with van der Waals surface area (Å²) in [7, 11) is 2.19. The average Bonchev–Trinajstić information content (AvgIpc) is 2.60. The first-order chi connectivity index (χ1) is 8.74. The van der Waals surface area contributed by atoms with Crippen molar-refractivity contribution in [2.24, 2.45) is 0 Å². The van der Waals surface area contributed by atoms with Crippen LogP contribution in [0.4, 0.5) is 5.82 Å². The Hall–Kier alpha value is -1.13. The number of aliphatic hydroxyl groups is 1. The van der Waals surface area contributed by atoms with Crippen molar-refractivity contribution in [2.75, 3.05) is 31.6 Å². The summed E-state index contributed by atoms with van der Waals surface area (Å²) in [6.45, 7) is 5.61. The topological polar surface area (TPSA) is 39.6 Å². The largest absolute Gasteiger partial charge is 0.392 e. The molecule has 0 aromatic carbocycles. The Morgan fingerprint density at radius 3 is 2.83 bits per heavy atom. The van der Waals surface area contributed by atoms with Crippen molar-refractivity contribution in [1.82, 2.24) is 9.88 Å². The van der Waals surface area contributed by atoms with Gasteiger partial charge in [0.2, 0.25) is 0 Å². The van der Waals surface area contributed by atoms with Crippen molar-refractivity contribution >= 4 is 5.82 Å². The third-order valence-electron chi connectivity index (χ3n) is 3.66. The van der Waals surface area contributed by atoms with Crippen LogP contribution in [0, 0.1) is 0 Å². The van der Waals surface area contributed by atoms with E-state index in [-0.39, 0.29) is 6.61 Å². The molecule has 1 aliphatic heterocycles. The van der Waals surface area contributed by atoms with E-state index >= 15 is 0 Å². The Labute approximate surface area is 109 Å². The van der Waals surface area contributed by atoms with Crippen LogP contribution in [0.2, 0.25) is 0 Å². The number of anilines is 1. The summed E-state index contributed by atoms with van der Waals surface area (Å²) in [5, 5.41) is 9.06. The molecule has 0 spiro atoms. The van der Waals surface area contributed by atoms with Crippen molar-refractivity contribution in [1.29, 1.82) is 0 Å². The van der Waals surface area contributed by atoms with E-state index in [0.29, 0.717) is 6.04 Å². The molecule has 18 heavy (non-hydrogen) atoms. The first kappa shape index (κ1) is 13.3. The number of rotatable bonds is 3. The van der Waals surface area contributed by atoms with Crippen LogP contribution in [-0.4, -0.2) is 47.7 Å². The van der Waals surface area contributed by atoms with E-state index in [0.717, 1.165) is 37.4 Å². The van der Waals surface area contributed by atoms with Crippen molar-refractivity contribution in [2.45, 2.75) is 32.4 Å².